The number of β-amino-alcohol motifs (C(OH)–C–C–N with tert-alkyl or cyclic N) is 1. The number of rotatable bonds is 4. The predicted octanol–water partition coefficient (Wildman–Crippen LogP) is 3.44. The minimum atomic E-state index is -0.748. The van der Waals surface area contributed by atoms with E-state index in [1.165, 1.54) is 24.3 Å². The minimum absolute atomic E-state index is 0.126. The molecule has 1 saturated carbocycles. The average Bonchev–Trinajstić information content (AvgIpc) is 3.30. The van der Waals surface area contributed by atoms with Crippen LogP contribution in [0.1, 0.15) is 19.3 Å². The fourth-order valence-electron chi connectivity index (χ4n) is 4.86. The molecule has 0 unspecified atom stereocenters. The smallest absolute Gasteiger partial charge is 0.226 e. The number of likely N-dealkylation sites (tertiary alicyclic amines) is 1. The number of carbonyl (C=O) groups is 1. The number of halogens is 2. The highest BCUT2D eigenvalue weighted by Crippen LogP contribution is 2.38. The standard InChI is InChI=1S/C21H20F2N2O2/c22-13-2-5-19-17(8-13)18-9-14(23)3-6-20(18)25(19)11-16(26)10-24-15-4-1-12(7-15)21(24)27/h2-3,5-6,8-9,12,15-16,26H,1,4,7,10-11H2/t12-,15+,16-/m1/s1. The van der Waals surface area contributed by atoms with Crippen molar-refractivity contribution in [3.05, 3.63) is 48.0 Å². The number of aliphatic hydroxyl groups excluding tert-OH is 1. The Balaban J connectivity index is 1.49. The van der Waals surface area contributed by atoms with Crippen molar-refractivity contribution in [2.75, 3.05) is 6.54 Å². The molecule has 2 heterocycles. The zero-order valence-corrected chi connectivity index (χ0v) is 14.7. The highest BCUT2D eigenvalue weighted by atomic mass is 19.1. The number of amides is 1. The fourth-order valence-corrected chi connectivity index (χ4v) is 4.86. The molecule has 140 valence electrons. The maximum absolute atomic E-state index is 13.7. The van der Waals surface area contributed by atoms with E-state index in [1.54, 1.807) is 12.1 Å². The van der Waals surface area contributed by atoms with Crippen molar-refractivity contribution in [3.8, 4) is 0 Å². The summed E-state index contributed by atoms with van der Waals surface area (Å²) in [4.78, 5) is 14.1. The van der Waals surface area contributed by atoms with E-state index in [0.717, 1.165) is 30.3 Å². The number of hydrogen-bond donors (Lipinski definition) is 1. The van der Waals surface area contributed by atoms with Crippen molar-refractivity contribution in [2.24, 2.45) is 5.92 Å². The molecule has 0 radical (unpaired) electrons. The largest absolute Gasteiger partial charge is 0.389 e. The van der Waals surface area contributed by atoms with Crippen LogP contribution >= 0.6 is 0 Å². The third-order valence-corrected chi connectivity index (χ3v) is 6.07. The molecule has 2 fully saturated rings. The first-order valence-electron chi connectivity index (χ1n) is 9.37. The lowest BCUT2D eigenvalue weighted by atomic mass is 10.1. The molecular formula is C21H20F2N2O2. The SMILES string of the molecule is O=C1[C@@H]2CC[C@@H](C2)N1C[C@@H](O)Cn1c2ccc(F)cc2c2cc(F)ccc21. The van der Waals surface area contributed by atoms with Crippen molar-refractivity contribution in [2.45, 2.75) is 38.0 Å². The van der Waals surface area contributed by atoms with Crippen LogP contribution in [0.15, 0.2) is 36.4 Å². The lowest BCUT2D eigenvalue weighted by Gasteiger charge is -2.29. The number of benzene rings is 2. The summed E-state index contributed by atoms with van der Waals surface area (Å²) in [6.45, 7) is 0.558. The van der Waals surface area contributed by atoms with Crippen molar-refractivity contribution in [1.29, 1.82) is 0 Å². The van der Waals surface area contributed by atoms with Crippen LogP contribution in [0, 0.1) is 17.6 Å². The Hall–Kier alpha value is -2.47. The molecule has 2 aliphatic rings. The van der Waals surface area contributed by atoms with Crippen molar-refractivity contribution in [3.63, 3.8) is 0 Å². The number of aromatic nitrogens is 1. The third kappa shape index (κ3) is 2.62. The molecule has 6 heteroatoms. The highest BCUT2D eigenvalue weighted by molar-refractivity contribution is 6.08. The van der Waals surface area contributed by atoms with Gasteiger partial charge in [0.05, 0.1) is 12.6 Å². The van der Waals surface area contributed by atoms with Gasteiger partial charge in [0.1, 0.15) is 11.6 Å². The van der Waals surface area contributed by atoms with Gasteiger partial charge in [0.15, 0.2) is 0 Å². The number of piperidine rings is 1. The molecule has 27 heavy (non-hydrogen) atoms. The van der Waals surface area contributed by atoms with Crippen molar-refractivity contribution >= 4 is 27.7 Å². The first-order chi connectivity index (χ1) is 13.0. The zero-order chi connectivity index (χ0) is 18.7. The Bertz CT molecular complexity index is 1000. The Morgan fingerprint density at radius 2 is 1.63 bits per heavy atom. The summed E-state index contributed by atoms with van der Waals surface area (Å²) < 4.78 is 29.4. The monoisotopic (exact) mass is 370 g/mol. The van der Waals surface area contributed by atoms with Gasteiger partial charge < -0.3 is 14.6 Å². The van der Waals surface area contributed by atoms with Gasteiger partial charge in [0.2, 0.25) is 5.91 Å². The summed E-state index contributed by atoms with van der Waals surface area (Å²) in [5.74, 6) is -0.492. The summed E-state index contributed by atoms with van der Waals surface area (Å²) in [7, 11) is 0. The van der Waals surface area contributed by atoms with Gasteiger partial charge in [-0.25, -0.2) is 8.78 Å². The van der Waals surface area contributed by atoms with E-state index < -0.39 is 6.10 Å². The number of hydrogen-bond acceptors (Lipinski definition) is 2. The zero-order valence-electron chi connectivity index (χ0n) is 14.7. The molecule has 3 atom stereocenters. The third-order valence-electron chi connectivity index (χ3n) is 6.07. The summed E-state index contributed by atoms with van der Waals surface area (Å²) in [5, 5.41) is 11.9. The molecule has 3 aromatic rings. The second-order valence-electron chi connectivity index (χ2n) is 7.74. The fraction of sp³-hybridized carbons (Fsp3) is 0.381. The van der Waals surface area contributed by atoms with Gasteiger partial charge in [-0.1, -0.05) is 0 Å². The van der Waals surface area contributed by atoms with Crippen molar-refractivity contribution in [1.82, 2.24) is 9.47 Å². The molecule has 5 rings (SSSR count). The lowest BCUT2D eigenvalue weighted by molar-refractivity contribution is -0.135. The first kappa shape index (κ1) is 16.7. The van der Waals surface area contributed by atoms with E-state index in [2.05, 4.69) is 0 Å². The normalized spacial score (nSPS) is 23.1. The van der Waals surface area contributed by atoms with Crippen LogP contribution in [-0.2, 0) is 11.3 Å². The van der Waals surface area contributed by atoms with Crippen molar-refractivity contribution < 1.29 is 18.7 Å². The molecular weight excluding hydrogens is 350 g/mol. The number of carbonyl (C=O) groups excluding carboxylic acids is 1. The van der Waals surface area contributed by atoms with Crippen LogP contribution in [0.2, 0.25) is 0 Å². The number of nitrogens with zero attached hydrogens (tertiary/aromatic N) is 2. The Morgan fingerprint density at radius 1 is 1.00 bits per heavy atom. The Kier molecular flexibility index (Phi) is 3.72. The number of fused-ring (bicyclic) bond motifs is 5. The van der Waals surface area contributed by atoms with Gasteiger partial charge in [0.25, 0.3) is 0 Å². The van der Waals surface area contributed by atoms with Crippen LogP contribution in [-0.4, -0.2) is 39.2 Å². The van der Waals surface area contributed by atoms with E-state index in [0.29, 0.717) is 17.3 Å². The number of aliphatic hydroxyl groups is 1. The van der Waals surface area contributed by atoms with Crippen LogP contribution in [0.4, 0.5) is 8.78 Å². The Labute approximate surface area is 155 Å². The summed E-state index contributed by atoms with van der Waals surface area (Å²) in [6, 6.07) is 9.06. The van der Waals surface area contributed by atoms with Crippen LogP contribution in [0.3, 0.4) is 0 Å². The van der Waals surface area contributed by atoms with E-state index in [-0.39, 0.29) is 36.0 Å². The topological polar surface area (TPSA) is 45.5 Å². The van der Waals surface area contributed by atoms with Crippen LogP contribution in [0.25, 0.3) is 21.8 Å². The van der Waals surface area contributed by atoms with E-state index in [9.17, 15) is 18.7 Å². The minimum Gasteiger partial charge on any atom is -0.389 e. The molecule has 1 saturated heterocycles. The van der Waals surface area contributed by atoms with Gasteiger partial charge in [-0.2, -0.15) is 0 Å². The second-order valence-corrected chi connectivity index (χ2v) is 7.74. The molecule has 0 spiro atoms. The quantitative estimate of drug-likeness (QED) is 0.765. The van der Waals surface area contributed by atoms with Crippen LogP contribution in [0.5, 0.6) is 0 Å². The van der Waals surface area contributed by atoms with Gasteiger partial charge in [-0.05, 0) is 55.7 Å². The van der Waals surface area contributed by atoms with E-state index >= 15 is 0 Å². The molecule has 2 aromatic carbocycles. The maximum Gasteiger partial charge on any atom is 0.226 e. The van der Waals surface area contributed by atoms with Gasteiger partial charge >= 0.3 is 0 Å². The predicted molar refractivity (Wildman–Crippen MR) is 98.2 cm³/mol. The molecule has 1 amide bonds. The summed E-state index contributed by atoms with van der Waals surface area (Å²) in [6.07, 6.45) is 2.12. The molecule has 1 aliphatic heterocycles. The maximum atomic E-state index is 13.7. The first-order valence-corrected chi connectivity index (χ1v) is 9.37. The molecule has 1 aromatic heterocycles. The Morgan fingerprint density at radius 3 is 2.19 bits per heavy atom. The molecule has 4 nitrogen and oxygen atoms in total. The van der Waals surface area contributed by atoms with E-state index in [4.69, 9.17) is 0 Å². The van der Waals surface area contributed by atoms with Crippen LogP contribution < -0.4 is 0 Å². The molecule has 1 aliphatic carbocycles. The highest BCUT2D eigenvalue weighted by Gasteiger charge is 2.44. The van der Waals surface area contributed by atoms with Gasteiger partial charge in [-0.3, -0.25) is 4.79 Å². The van der Waals surface area contributed by atoms with E-state index in [1.807, 2.05) is 9.47 Å². The van der Waals surface area contributed by atoms with Gasteiger partial charge in [-0.15, -0.1) is 0 Å². The average molecular weight is 370 g/mol. The summed E-state index contributed by atoms with van der Waals surface area (Å²) in [5.41, 5.74) is 1.48. The second kappa shape index (κ2) is 6.02. The molecule has 2 bridgehead atoms. The summed E-state index contributed by atoms with van der Waals surface area (Å²) >= 11 is 0. The molecule has 1 N–H and O–H groups in total. The van der Waals surface area contributed by atoms with Gasteiger partial charge in [0, 0.05) is 40.3 Å². The lowest BCUT2D eigenvalue weighted by Crippen LogP contribution is -2.43.